The molecule has 4 heteroatoms. The van der Waals surface area contributed by atoms with Gasteiger partial charge in [-0.25, -0.2) is 0 Å². The number of esters is 1. The molecule has 0 radical (unpaired) electrons. The number of nitrogens with one attached hydrogen (secondary N) is 1. The van der Waals surface area contributed by atoms with Gasteiger partial charge in [0.2, 0.25) is 0 Å². The Kier molecular flexibility index (Phi) is 6.97. The van der Waals surface area contributed by atoms with Crippen LogP contribution in [0.25, 0.3) is 0 Å². The van der Waals surface area contributed by atoms with Crippen LogP contribution in [-0.4, -0.2) is 24.2 Å². The monoisotopic (exact) mass is 265 g/mol. The highest BCUT2D eigenvalue weighted by molar-refractivity contribution is 5.69. The molecule has 1 aromatic carbocycles. The Morgan fingerprint density at radius 2 is 2.11 bits per heavy atom. The van der Waals surface area contributed by atoms with Gasteiger partial charge in [-0.05, 0) is 32.4 Å². The maximum atomic E-state index is 11.2. The SMILES string of the molecule is CCOC(=O)CCCNC(CC)c1ccccc1O. The van der Waals surface area contributed by atoms with E-state index in [1.54, 1.807) is 13.0 Å². The lowest BCUT2D eigenvalue weighted by atomic mass is 10.0. The third-order valence-electron chi connectivity index (χ3n) is 2.97. The van der Waals surface area contributed by atoms with Crippen molar-refractivity contribution < 1.29 is 14.6 Å². The zero-order valence-electron chi connectivity index (χ0n) is 11.7. The molecule has 0 saturated carbocycles. The largest absolute Gasteiger partial charge is 0.508 e. The van der Waals surface area contributed by atoms with Gasteiger partial charge in [-0.3, -0.25) is 4.79 Å². The van der Waals surface area contributed by atoms with Gasteiger partial charge in [-0.2, -0.15) is 0 Å². The van der Waals surface area contributed by atoms with Gasteiger partial charge in [-0.15, -0.1) is 0 Å². The van der Waals surface area contributed by atoms with Crippen LogP contribution in [-0.2, 0) is 9.53 Å². The van der Waals surface area contributed by atoms with Crippen LogP contribution in [0.1, 0.15) is 44.7 Å². The van der Waals surface area contributed by atoms with E-state index in [1.165, 1.54) is 0 Å². The molecule has 0 fully saturated rings. The quantitative estimate of drug-likeness (QED) is 0.560. The van der Waals surface area contributed by atoms with E-state index in [2.05, 4.69) is 12.2 Å². The smallest absolute Gasteiger partial charge is 0.305 e. The number of para-hydroxylation sites is 1. The predicted molar refractivity (Wildman–Crippen MR) is 75.0 cm³/mol. The molecule has 0 saturated heterocycles. The van der Waals surface area contributed by atoms with Gasteiger partial charge in [0.25, 0.3) is 0 Å². The molecule has 0 spiro atoms. The summed E-state index contributed by atoms with van der Waals surface area (Å²) < 4.78 is 4.87. The molecule has 0 aromatic heterocycles. The van der Waals surface area contributed by atoms with Crippen LogP contribution in [0.15, 0.2) is 24.3 Å². The number of ether oxygens (including phenoxy) is 1. The first-order chi connectivity index (χ1) is 9.19. The number of benzene rings is 1. The van der Waals surface area contributed by atoms with Crippen LogP contribution in [0.3, 0.4) is 0 Å². The molecule has 0 bridgehead atoms. The first kappa shape index (κ1) is 15.5. The van der Waals surface area contributed by atoms with Gasteiger partial charge >= 0.3 is 5.97 Å². The number of phenolic OH excluding ortho intramolecular Hbond substituents is 1. The van der Waals surface area contributed by atoms with E-state index in [4.69, 9.17) is 4.74 Å². The molecule has 0 heterocycles. The molecule has 0 aliphatic carbocycles. The summed E-state index contributed by atoms with van der Waals surface area (Å²) in [5.41, 5.74) is 0.904. The van der Waals surface area contributed by atoms with E-state index in [1.807, 2.05) is 18.2 Å². The highest BCUT2D eigenvalue weighted by Crippen LogP contribution is 2.25. The standard InChI is InChI=1S/C15H23NO3/c1-3-13(12-8-5-6-9-14(12)17)16-11-7-10-15(18)19-4-2/h5-6,8-9,13,16-17H,3-4,7,10-11H2,1-2H3. The maximum absolute atomic E-state index is 11.2. The van der Waals surface area contributed by atoms with E-state index < -0.39 is 0 Å². The summed E-state index contributed by atoms with van der Waals surface area (Å²) in [6.45, 7) is 5.03. The number of hydrogen-bond acceptors (Lipinski definition) is 4. The minimum absolute atomic E-state index is 0.114. The maximum Gasteiger partial charge on any atom is 0.305 e. The Balaban J connectivity index is 2.38. The van der Waals surface area contributed by atoms with Crippen molar-refractivity contribution in [1.29, 1.82) is 0 Å². The van der Waals surface area contributed by atoms with Crippen molar-refractivity contribution in [2.24, 2.45) is 0 Å². The number of hydrogen-bond donors (Lipinski definition) is 2. The first-order valence-corrected chi connectivity index (χ1v) is 6.85. The minimum Gasteiger partial charge on any atom is -0.508 e. The molecule has 0 aliphatic heterocycles. The summed E-state index contributed by atoms with van der Waals surface area (Å²) in [6.07, 6.45) is 2.05. The van der Waals surface area contributed by atoms with Crippen molar-refractivity contribution in [2.75, 3.05) is 13.2 Å². The van der Waals surface area contributed by atoms with Crippen molar-refractivity contribution in [3.63, 3.8) is 0 Å². The number of carbonyl (C=O) groups excluding carboxylic acids is 1. The van der Waals surface area contributed by atoms with Crippen molar-refractivity contribution in [2.45, 2.75) is 39.2 Å². The molecule has 1 aromatic rings. The van der Waals surface area contributed by atoms with Gasteiger partial charge in [0.05, 0.1) is 6.61 Å². The fourth-order valence-electron chi connectivity index (χ4n) is 2.00. The minimum atomic E-state index is -0.153. The molecular weight excluding hydrogens is 242 g/mol. The number of rotatable bonds is 8. The van der Waals surface area contributed by atoms with E-state index >= 15 is 0 Å². The molecular formula is C15H23NO3. The van der Waals surface area contributed by atoms with Crippen LogP contribution < -0.4 is 5.32 Å². The van der Waals surface area contributed by atoms with Crippen molar-refractivity contribution >= 4 is 5.97 Å². The lowest BCUT2D eigenvalue weighted by Gasteiger charge is -2.18. The summed E-state index contributed by atoms with van der Waals surface area (Å²) in [5.74, 6) is 0.159. The van der Waals surface area contributed by atoms with Crippen LogP contribution in [0, 0.1) is 0 Å². The zero-order valence-corrected chi connectivity index (χ0v) is 11.7. The lowest BCUT2D eigenvalue weighted by molar-refractivity contribution is -0.143. The molecule has 0 amide bonds. The zero-order chi connectivity index (χ0) is 14.1. The Hall–Kier alpha value is -1.55. The van der Waals surface area contributed by atoms with E-state index in [0.29, 0.717) is 18.8 Å². The average molecular weight is 265 g/mol. The van der Waals surface area contributed by atoms with Gasteiger partial charge < -0.3 is 15.2 Å². The van der Waals surface area contributed by atoms with Crippen LogP contribution in [0.4, 0.5) is 0 Å². The highest BCUT2D eigenvalue weighted by Gasteiger charge is 2.12. The Morgan fingerprint density at radius 1 is 1.37 bits per heavy atom. The van der Waals surface area contributed by atoms with Crippen LogP contribution >= 0.6 is 0 Å². The second kappa shape index (κ2) is 8.53. The molecule has 1 unspecified atom stereocenters. The topological polar surface area (TPSA) is 58.6 Å². The summed E-state index contributed by atoms with van der Waals surface area (Å²) in [6, 6.07) is 7.45. The summed E-state index contributed by atoms with van der Waals surface area (Å²) in [5, 5.41) is 13.2. The number of phenols is 1. The molecule has 2 N–H and O–H groups in total. The summed E-state index contributed by atoms with van der Waals surface area (Å²) in [4.78, 5) is 11.2. The van der Waals surface area contributed by atoms with Gasteiger partial charge in [-0.1, -0.05) is 25.1 Å². The molecule has 106 valence electrons. The van der Waals surface area contributed by atoms with Crippen molar-refractivity contribution in [1.82, 2.24) is 5.32 Å². The number of aromatic hydroxyl groups is 1. The molecule has 4 nitrogen and oxygen atoms in total. The Bertz CT molecular complexity index is 393. The molecule has 1 rings (SSSR count). The lowest BCUT2D eigenvalue weighted by Crippen LogP contribution is -2.22. The predicted octanol–water partition coefficient (Wildman–Crippen LogP) is 2.78. The van der Waals surface area contributed by atoms with Gasteiger partial charge in [0.1, 0.15) is 5.75 Å². The fourth-order valence-corrected chi connectivity index (χ4v) is 2.00. The normalized spacial score (nSPS) is 12.1. The molecule has 0 aliphatic rings. The second-order valence-corrected chi connectivity index (χ2v) is 4.38. The average Bonchev–Trinajstić information content (AvgIpc) is 2.40. The van der Waals surface area contributed by atoms with Crippen LogP contribution in [0.2, 0.25) is 0 Å². The van der Waals surface area contributed by atoms with Crippen molar-refractivity contribution in [3.8, 4) is 5.75 Å². The van der Waals surface area contributed by atoms with Gasteiger partial charge in [0, 0.05) is 18.0 Å². The van der Waals surface area contributed by atoms with Crippen LogP contribution in [0.5, 0.6) is 5.75 Å². The second-order valence-electron chi connectivity index (χ2n) is 4.38. The fraction of sp³-hybridized carbons (Fsp3) is 0.533. The third-order valence-corrected chi connectivity index (χ3v) is 2.97. The van der Waals surface area contributed by atoms with E-state index in [-0.39, 0.29) is 12.0 Å². The molecule has 1 atom stereocenters. The summed E-state index contributed by atoms with van der Waals surface area (Å²) >= 11 is 0. The van der Waals surface area contributed by atoms with Crippen molar-refractivity contribution in [3.05, 3.63) is 29.8 Å². The van der Waals surface area contributed by atoms with E-state index in [0.717, 1.165) is 24.9 Å². The Morgan fingerprint density at radius 3 is 2.74 bits per heavy atom. The molecule has 19 heavy (non-hydrogen) atoms. The highest BCUT2D eigenvalue weighted by atomic mass is 16.5. The van der Waals surface area contributed by atoms with Gasteiger partial charge in [0.15, 0.2) is 0 Å². The number of carbonyl (C=O) groups is 1. The van der Waals surface area contributed by atoms with E-state index in [9.17, 15) is 9.90 Å². The Labute approximate surface area is 114 Å². The first-order valence-electron chi connectivity index (χ1n) is 6.85. The third kappa shape index (κ3) is 5.30. The summed E-state index contributed by atoms with van der Waals surface area (Å²) in [7, 11) is 0.